The second-order valence-corrected chi connectivity index (χ2v) is 6.06. The first-order valence-corrected chi connectivity index (χ1v) is 6.77. The van der Waals surface area contributed by atoms with Crippen LogP contribution in [0, 0.1) is 11.3 Å². The lowest BCUT2D eigenvalue weighted by Gasteiger charge is -2.35. The van der Waals surface area contributed by atoms with Crippen LogP contribution in [0.1, 0.15) is 38.3 Å². The molecule has 0 saturated heterocycles. The molecule has 0 heterocycles. The Bertz CT molecular complexity index is 530. The van der Waals surface area contributed by atoms with E-state index in [1.807, 2.05) is 32.9 Å². The summed E-state index contributed by atoms with van der Waals surface area (Å²) in [6, 6.07) is 7.22. The Morgan fingerprint density at radius 3 is 2.55 bits per heavy atom. The van der Waals surface area contributed by atoms with Gasteiger partial charge in [-0.1, -0.05) is 17.7 Å². The summed E-state index contributed by atoms with van der Waals surface area (Å²) in [5, 5.41) is 18.2. The van der Waals surface area contributed by atoms with Gasteiger partial charge in [0.1, 0.15) is 0 Å². The maximum Gasteiger partial charge on any atom is 0.304 e. The SMILES string of the molecule is CC(C)(C)N(CCC(=O)O)Cc1ccc(C#N)cc1Cl. The number of nitrogens with zero attached hydrogens (tertiary/aromatic N) is 2. The second-order valence-electron chi connectivity index (χ2n) is 5.65. The quantitative estimate of drug-likeness (QED) is 0.905. The van der Waals surface area contributed by atoms with Crippen molar-refractivity contribution in [3.8, 4) is 6.07 Å². The predicted molar refractivity (Wildman–Crippen MR) is 78.6 cm³/mol. The summed E-state index contributed by atoms with van der Waals surface area (Å²) in [6.07, 6.45) is 0.0885. The highest BCUT2D eigenvalue weighted by Crippen LogP contribution is 2.23. The predicted octanol–water partition coefficient (Wildman–Crippen LogP) is 3.29. The molecule has 1 rings (SSSR count). The third kappa shape index (κ3) is 4.84. The van der Waals surface area contributed by atoms with Crippen LogP contribution < -0.4 is 0 Å². The van der Waals surface area contributed by atoms with Crippen LogP contribution in [-0.4, -0.2) is 28.1 Å². The lowest BCUT2D eigenvalue weighted by atomic mass is 10.0. The van der Waals surface area contributed by atoms with Gasteiger partial charge in [-0.25, -0.2) is 0 Å². The lowest BCUT2D eigenvalue weighted by molar-refractivity contribution is -0.137. The Kier molecular flexibility index (Phi) is 5.55. The van der Waals surface area contributed by atoms with Crippen LogP contribution in [0.15, 0.2) is 18.2 Å². The van der Waals surface area contributed by atoms with E-state index in [0.717, 1.165) is 5.56 Å². The van der Waals surface area contributed by atoms with Gasteiger partial charge in [-0.15, -0.1) is 0 Å². The molecule has 0 amide bonds. The first-order valence-electron chi connectivity index (χ1n) is 6.39. The van der Waals surface area contributed by atoms with Gasteiger partial charge >= 0.3 is 5.97 Å². The van der Waals surface area contributed by atoms with Crippen molar-refractivity contribution in [2.75, 3.05) is 6.54 Å². The Hall–Kier alpha value is -1.57. The van der Waals surface area contributed by atoms with Crippen LogP contribution in [0.25, 0.3) is 0 Å². The van der Waals surface area contributed by atoms with Gasteiger partial charge in [-0.3, -0.25) is 9.69 Å². The number of halogens is 1. The first kappa shape index (κ1) is 16.5. The van der Waals surface area contributed by atoms with Gasteiger partial charge in [0.2, 0.25) is 0 Å². The van der Waals surface area contributed by atoms with E-state index in [9.17, 15) is 4.79 Å². The molecule has 0 fully saturated rings. The molecular formula is C15H19ClN2O2. The number of hydrogen-bond acceptors (Lipinski definition) is 3. The van der Waals surface area contributed by atoms with Crippen LogP contribution in [0.4, 0.5) is 0 Å². The minimum Gasteiger partial charge on any atom is -0.481 e. The third-order valence-corrected chi connectivity index (χ3v) is 3.44. The van der Waals surface area contributed by atoms with Gasteiger partial charge in [-0.05, 0) is 38.5 Å². The van der Waals surface area contributed by atoms with Crippen molar-refractivity contribution in [3.05, 3.63) is 34.3 Å². The number of aliphatic carboxylic acids is 1. The molecule has 0 saturated carbocycles. The van der Waals surface area contributed by atoms with Gasteiger partial charge in [-0.2, -0.15) is 5.26 Å². The summed E-state index contributed by atoms with van der Waals surface area (Å²) >= 11 is 6.17. The molecule has 1 N–H and O–H groups in total. The topological polar surface area (TPSA) is 64.3 Å². The van der Waals surface area contributed by atoms with Gasteiger partial charge in [0.25, 0.3) is 0 Å². The standard InChI is InChI=1S/C15H19ClN2O2/c1-15(2,3)18(7-6-14(19)20)10-12-5-4-11(9-17)8-13(12)16/h4-5,8H,6-7,10H2,1-3H3,(H,19,20). The number of rotatable bonds is 5. The summed E-state index contributed by atoms with van der Waals surface area (Å²) < 4.78 is 0. The largest absolute Gasteiger partial charge is 0.481 e. The number of hydrogen-bond donors (Lipinski definition) is 1. The number of carboxylic acid groups (broad SMARTS) is 1. The zero-order valence-corrected chi connectivity index (χ0v) is 12.7. The summed E-state index contributed by atoms with van der Waals surface area (Å²) in [5.74, 6) is -0.815. The van der Waals surface area contributed by atoms with E-state index >= 15 is 0 Å². The van der Waals surface area contributed by atoms with Crippen LogP contribution in [0.3, 0.4) is 0 Å². The fourth-order valence-corrected chi connectivity index (χ4v) is 2.07. The average molecular weight is 295 g/mol. The summed E-state index contributed by atoms with van der Waals surface area (Å²) in [4.78, 5) is 12.8. The highest BCUT2D eigenvalue weighted by molar-refractivity contribution is 6.31. The summed E-state index contributed by atoms with van der Waals surface area (Å²) in [5.41, 5.74) is 1.25. The molecule has 0 aliphatic rings. The van der Waals surface area contributed by atoms with Gasteiger partial charge in [0.15, 0.2) is 0 Å². The summed E-state index contributed by atoms with van der Waals surface area (Å²) in [6.45, 7) is 7.11. The van der Waals surface area contributed by atoms with Crippen molar-refractivity contribution in [2.24, 2.45) is 0 Å². The van der Waals surface area contributed by atoms with Gasteiger partial charge in [0.05, 0.1) is 18.1 Å². The third-order valence-electron chi connectivity index (χ3n) is 3.09. The Labute approximate surface area is 124 Å². The van der Waals surface area contributed by atoms with Crippen molar-refractivity contribution in [1.29, 1.82) is 5.26 Å². The number of carboxylic acids is 1. The fourth-order valence-electron chi connectivity index (χ4n) is 1.83. The van der Waals surface area contributed by atoms with Gasteiger partial charge in [0, 0.05) is 23.7 Å². The van der Waals surface area contributed by atoms with E-state index in [2.05, 4.69) is 4.90 Å². The van der Waals surface area contributed by atoms with Crippen molar-refractivity contribution in [2.45, 2.75) is 39.3 Å². The fraction of sp³-hybridized carbons (Fsp3) is 0.467. The zero-order chi connectivity index (χ0) is 15.3. The smallest absolute Gasteiger partial charge is 0.304 e. The van der Waals surface area contributed by atoms with Crippen LogP contribution in [0.2, 0.25) is 5.02 Å². The average Bonchev–Trinajstić information content (AvgIpc) is 2.34. The van der Waals surface area contributed by atoms with Crippen molar-refractivity contribution in [1.82, 2.24) is 4.90 Å². The Morgan fingerprint density at radius 1 is 1.45 bits per heavy atom. The number of benzene rings is 1. The van der Waals surface area contributed by atoms with E-state index in [-0.39, 0.29) is 12.0 Å². The molecule has 0 atom stereocenters. The second kappa shape index (κ2) is 6.74. The van der Waals surface area contributed by atoms with E-state index in [1.165, 1.54) is 0 Å². The van der Waals surface area contributed by atoms with Crippen LogP contribution >= 0.6 is 11.6 Å². The van der Waals surface area contributed by atoms with Crippen molar-refractivity contribution >= 4 is 17.6 Å². The minimum absolute atomic E-state index is 0.0885. The molecule has 108 valence electrons. The maximum absolute atomic E-state index is 10.7. The molecule has 0 radical (unpaired) electrons. The van der Waals surface area contributed by atoms with E-state index in [4.69, 9.17) is 22.0 Å². The molecule has 20 heavy (non-hydrogen) atoms. The normalized spacial score (nSPS) is 11.4. The highest BCUT2D eigenvalue weighted by Gasteiger charge is 2.22. The van der Waals surface area contributed by atoms with E-state index in [0.29, 0.717) is 23.7 Å². The number of nitriles is 1. The molecule has 0 unspecified atom stereocenters. The van der Waals surface area contributed by atoms with Crippen molar-refractivity contribution in [3.63, 3.8) is 0 Å². The Balaban J connectivity index is 2.90. The van der Waals surface area contributed by atoms with Crippen molar-refractivity contribution < 1.29 is 9.90 Å². The molecule has 1 aromatic carbocycles. The van der Waals surface area contributed by atoms with Crippen LogP contribution in [0.5, 0.6) is 0 Å². The number of carbonyl (C=O) groups is 1. The van der Waals surface area contributed by atoms with E-state index in [1.54, 1.807) is 12.1 Å². The highest BCUT2D eigenvalue weighted by atomic mass is 35.5. The minimum atomic E-state index is -0.815. The molecular weight excluding hydrogens is 276 g/mol. The first-order chi connectivity index (χ1) is 9.24. The van der Waals surface area contributed by atoms with Gasteiger partial charge < -0.3 is 5.11 Å². The monoisotopic (exact) mass is 294 g/mol. The summed E-state index contributed by atoms with van der Waals surface area (Å²) in [7, 11) is 0. The molecule has 0 aliphatic carbocycles. The zero-order valence-electron chi connectivity index (χ0n) is 12.0. The molecule has 0 aliphatic heterocycles. The molecule has 1 aromatic rings. The molecule has 0 bridgehead atoms. The molecule has 0 aromatic heterocycles. The van der Waals surface area contributed by atoms with E-state index < -0.39 is 5.97 Å². The molecule has 0 spiro atoms. The lowest BCUT2D eigenvalue weighted by Crippen LogP contribution is -2.42. The molecule has 4 nitrogen and oxygen atoms in total. The maximum atomic E-state index is 10.7. The molecule has 5 heteroatoms. The Morgan fingerprint density at radius 2 is 2.10 bits per heavy atom. The van der Waals surface area contributed by atoms with Crippen LogP contribution in [-0.2, 0) is 11.3 Å².